The highest BCUT2D eigenvalue weighted by Crippen LogP contribution is 2.39. The van der Waals surface area contributed by atoms with Crippen molar-refractivity contribution < 1.29 is 9.53 Å². The normalized spacial score (nSPS) is 22.5. The Labute approximate surface area is 154 Å². The summed E-state index contributed by atoms with van der Waals surface area (Å²) in [5.74, 6) is 0.903. The van der Waals surface area contributed by atoms with Gasteiger partial charge in [-0.15, -0.1) is 0 Å². The van der Waals surface area contributed by atoms with Crippen molar-refractivity contribution in [3.05, 3.63) is 24.3 Å². The molecule has 0 bridgehead atoms. The topological polar surface area (TPSA) is 32.7 Å². The van der Waals surface area contributed by atoms with Gasteiger partial charge in [-0.25, -0.2) is 0 Å². The summed E-state index contributed by atoms with van der Waals surface area (Å²) in [7, 11) is -0.788. The molecule has 0 amide bonds. The average molecular weight is 362 g/mol. The Morgan fingerprint density at radius 3 is 2.44 bits per heavy atom. The minimum atomic E-state index is -2.53. The van der Waals surface area contributed by atoms with Gasteiger partial charge in [-0.1, -0.05) is 56.7 Å². The Balaban J connectivity index is 1.73. The first-order valence-corrected chi connectivity index (χ1v) is 12.6. The molecule has 0 unspecified atom stereocenters. The van der Waals surface area contributed by atoms with E-state index in [0.717, 1.165) is 29.9 Å². The van der Waals surface area contributed by atoms with Gasteiger partial charge in [0.05, 0.1) is 7.11 Å². The van der Waals surface area contributed by atoms with Crippen LogP contribution >= 0.6 is 0 Å². The fourth-order valence-corrected chi connectivity index (χ4v) is 9.07. The van der Waals surface area contributed by atoms with Gasteiger partial charge in [0.25, 0.3) is 0 Å². The van der Waals surface area contributed by atoms with E-state index < -0.39 is 8.32 Å². The van der Waals surface area contributed by atoms with Gasteiger partial charge in [0.15, 0.2) is 0 Å². The van der Waals surface area contributed by atoms with E-state index in [0.29, 0.717) is 5.54 Å². The number of hydrogen-bond donors (Lipinski definition) is 1. The summed E-state index contributed by atoms with van der Waals surface area (Å²) in [5, 5.41) is 1.14. The summed E-state index contributed by atoms with van der Waals surface area (Å²) in [6, 6.07) is 9.24. The van der Waals surface area contributed by atoms with Crippen LogP contribution in [0.1, 0.15) is 57.8 Å². The molecule has 1 aliphatic carbocycles. The van der Waals surface area contributed by atoms with Crippen LogP contribution in [0, 0.1) is 0 Å². The molecule has 3 rings (SSSR count). The molecule has 1 heterocycles. The zero-order valence-corrected chi connectivity index (χ0v) is 16.9. The highest BCUT2D eigenvalue weighted by atomic mass is 28.4. The molecular weight excluding hydrogens is 326 g/mol. The van der Waals surface area contributed by atoms with E-state index >= 15 is 0 Å². The third kappa shape index (κ3) is 4.66. The maximum absolute atomic E-state index is 12.0. The predicted octanol–water partition coefficient (Wildman–Crippen LogP) is 4.05. The highest BCUT2D eigenvalue weighted by molar-refractivity contribution is 6.87. The molecule has 1 aromatic carbocycles. The number of para-hydroxylation sites is 1. The molecule has 3 nitrogen and oxygen atoms in total. The second-order valence-corrected chi connectivity index (χ2v) is 11.7. The van der Waals surface area contributed by atoms with Gasteiger partial charge in [0.2, 0.25) is 8.32 Å². The molecule has 1 aromatic rings. The third-order valence-electron chi connectivity index (χ3n) is 6.33. The summed E-state index contributed by atoms with van der Waals surface area (Å²) < 4.78 is 5.64. The molecule has 1 N–H and O–H groups in total. The SMILES string of the molecule is COc1ccccc1[Si@](O)(CCCN1CCCCC1)C1CCCCC1. The Hall–Kier alpha value is -0.843. The Kier molecular flexibility index (Phi) is 6.97. The van der Waals surface area contributed by atoms with E-state index in [1.807, 2.05) is 12.1 Å². The number of benzene rings is 1. The van der Waals surface area contributed by atoms with Crippen molar-refractivity contribution in [3.8, 4) is 5.75 Å². The molecule has 2 fully saturated rings. The van der Waals surface area contributed by atoms with Crippen LogP contribution in [0.4, 0.5) is 0 Å². The van der Waals surface area contributed by atoms with E-state index in [-0.39, 0.29) is 0 Å². The van der Waals surface area contributed by atoms with Crippen molar-refractivity contribution in [2.24, 2.45) is 0 Å². The van der Waals surface area contributed by atoms with Crippen molar-refractivity contribution in [2.75, 3.05) is 26.7 Å². The monoisotopic (exact) mass is 361 g/mol. The van der Waals surface area contributed by atoms with Crippen molar-refractivity contribution >= 4 is 13.5 Å². The maximum atomic E-state index is 12.0. The average Bonchev–Trinajstić information content (AvgIpc) is 2.69. The third-order valence-corrected chi connectivity index (χ3v) is 10.7. The lowest BCUT2D eigenvalue weighted by Gasteiger charge is -2.38. The Morgan fingerprint density at radius 1 is 1.04 bits per heavy atom. The molecule has 1 saturated carbocycles. The molecule has 1 aliphatic heterocycles. The van der Waals surface area contributed by atoms with Gasteiger partial charge in [-0.3, -0.25) is 0 Å². The molecule has 2 aliphatic rings. The Bertz CT molecular complexity index is 526. The summed E-state index contributed by atoms with van der Waals surface area (Å²) >= 11 is 0. The van der Waals surface area contributed by atoms with E-state index in [4.69, 9.17) is 4.74 Å². The van der Waals surface area contributed by atoms with Crippen LogP contribution < -0.4 is 9.92 Å². The van der Waals surface area contributed by atoms with Crippen molar-refractivity contribution in [1.29, 1.82) is 0 Å². The maximum Gasteiger partial charge on any atom is 0.226 e. The highest BCUT2D eigenvalue weighted by Gasteiger charge is 2.43. The predicted molar refractivity (Wildman–Crippen MR) is 107 cm³/mol. The van der Waals surface area contributed by atoms with Gasteiger partial charge < -0.3 is 14.4 Å². The quantitative estimate of drug-likeness (QED) is 0.744. The standard InChI is InChI=1S/C21H35NO2Si/c1-24-20-13-6-7-14-21(20)25(23,19-11-4-2-5-12-19)18-10-17-22-15-8-3-9-16-22/h6-7,13-14,19,23H,2-5,8-12,15-18H2,1H3/t25-/m0/s1. The number of piperidine rings is 1. The van der Waals surface area contributed by atoms with Crippen molar-refractivity contribution in [1.82, 2.24) is 4.90 Å². The minimum Gasteiger partial charge on any atom is -0.497 e. The van der Waals surface area contributed by atoms with E-state index in [2.05, 4.69) is 17.0 Å². The summed E-state index contributed by atoms with van der Waals surface area (Å²) in [6.45, 7) is 3.65. The lowest BCUT2D eigenvalue weighted by molar-refractivity contribution is 0.228. The lowest BCUT2D eigenvalue weighted by Crippen LogP contribution is -2.53. The fraction of sp³-hybridized carbons (Fsp3) is 0.714. The first kappa shape index (κ1) is 18.9. The number of ether oxygens (including phenoxy) is 1. The number of rotatable bonds is 7. The molecule has 1 atom stereocenters. The number of nitrogens with zero attached hydrogens (tertiary/aromatic N) is 1. The molecule has 1 saturated heterocycles. The van der Waals surface area contributed by atoms with Gasteiger partial charge >= 0.3 is 0 Å². The summed E-state index contributed by atoms with van der Waals surface area (Å²) in [6.07, 6.45) is 11.5. The Morgan fingerprint density at radius 2 is 1.72 bits per heavy atom. The van der Waals surface area contributed by atoms with Crippen LogP contribution in [0.5, 0.6) is 5.75 Å². The second-order valence-electron chi connectivity index (χ2n) is 7.97. The van der Waals surface area contributed by atoms with Crippen LogP contribution in [0.2, 0.25) is 11.6 Å². The van der Waals surface area contributed by atoms with Gasteiger partial charge in [-0.05, 0) is 56.5 Å². The molecule has 4 heteroatoms. The molecule has 25 heavy (non-hydrogen) atoms. The smallest absolute Gasteiger partial charge is 0.226 e. The molecular formula is C21H35NO2Si. The first-order valence-electron chi connectivity index (χ1n) is 10.3. The number of hydrogen-bond acceptors (Lipinski definition) is 3. The van der Waals surface area contributed by atoms with E-state index in [1.54, 1.807) is 7.11 Å². The first-order chi connectivity index (χ1) is 12.2. The van der Waals surface area contributed by atoms with Crippen LogP contribution in [0.25, 0.3) is 0 Å². The molecule has 0 spiro atoms. The largest absolute Gasteiger partial charge is 0.497 e. The van der Waals surface area contributed by atoms with Crippen molar-refractivity contribution in [3.63, 3.8) is 0 Å². The molecule has 140 valence electrons. The van der Waals surface area contributed by atoms with Crippen LogP contribution in [-0.4, -0.2) is 44.8 Å². The van der Waals surface area contributed by atoms with Crippen LogP contribution in [0.3, 0.4) is 0 Å². The van der Waals surface area contributed by atoms with Gasteiger partial charge in [0, 0.05) is 5.19 Å². The van der Waals surface area contributed by atoms with Gasteiger partial charge in [0.1, 0.15) is 5.75 Å². The fourth-order valence-electron chi connectivity index (χ4n) is 4.90. The van der Waals surface area contributed by atoms with Crippen LogP contribution in [0.15, 0.2) is 24.3 Å². The molecule has 0 aromatic heterocycles. The lowest BCUT2D eigenvalue weighted by atomic mass is 10.0. The molecule has 0 radical (unpaired) electrons. The second kappa shape index (κ2) is 9.20. The van der Waals surface area contributed by atoms with Crippen LogP contribution in [-0.2, 0) is 0 Å². The number of likely N-dealkylation sites (tertiary alicyclic amines) is 1. The van der Waals surface area contributed by atoms with Gasteiger partial charge in [-0.2, -0.15) is 0 Å². The minimum absolute atomic E-state index is 0.499. The van der Waals surface area contributed by atoms with Crippen molar-refractivity contribution in [2.45, 2.75) is 69.4 Å². The van der Waals surface area contributed by atoms with E-state index in [1.165, 1.54) is 64.5 Å². The number of methoxy groups -OCH3 is 1. The zero-order chi connectivity index (χ0) is 17.5. The zero-order valence-electron chi connectivity index (χ0n) is 15.9. The summed E-state index contributed by atoms with van der Waals surface area (Å²) in [5.41, 5.74) is 0.499. The summed E-state index contributed by atoms with van der Waals surface area (Å²) in [4.78, 5) is 14.6. The van der Waals surface area contributed by atoms with E-state index in [9.17, 15) is 4.80 Å².